The highest BCUT2D eigenvalue weighted by Gasteiger charge is 2.51. The Balaban J connectivity index is 1.64. The number of piperidine rings is 1. The highest BCUT2D eigenvalue weighted by Crippen LogP contribution is 2.45. The normalized spacial score (nSPS) is 24.1. The molecule has 4 atom stereocenters. The minimum atomic E-state index is -4.59. The summed E-state index contributed by atoms with van der Waals surface area (Å²) in [5.74, 6) is -2.49. The number of alkyl halides is 3. The van der Waals surface area contributed by atoms with E-state index in [0.717, 1.165) is 22.3 Å². The van der Waals surface area contributed by atoms with Gasteiger partial charge >= 0.3 is 6.18 Å². The van der Waals surface area contributed by atoms with E-state index in [-0.39, 0.29) is 13.0 Å². The van der Waals surface area contributed by atoms with E-state index in [1.807, 2.05) is 44.2 Å². The molecule has 0 bridgehead atoms. The predicted molar refractivity (Wildman–Crippen MR) is 121 cm³/mol. The van der Waals surface area contributed by atoms with Gasteiger partial charge in [0.1, 0.15) is 23.5 Å². The number of rotatable bonds is 4. The Morgan fingerprint density at radius 2 is 1.91 bits per heavy atom. The van der Waals surface area contributed by atoms with Gasteiger partial charge in [-0.25, -0.2) is 0 Å². The fraction of sp³-hybridized carbons (Fsp3) is 0.440. The average Bonchev–Trinajstić information content (AvgIpc) is 2.73. The van der Waals surface area contributed by atoms with Crippen molar-refractivity contribution in [2.45, 2.75) is 38.5 Å². The summed E-state index contributed by atoms with van der Waals surface area (Å²) in [5.41, 5.74) is 3.37. The zero-order chi connectivity index (χ0) is 24.8. The largest absolute Gasteiger partial charge is 0.457 e. The number of fused-ring (bicyclic) bond motifs is 2. The number of ether oxygens (including phenoxy) is 1. The van der Waals surface area contributed by atoms with E-state index in [1.54, 1.807) is 25.1 Å². The summed E-state index contributed by atoms with van der Waals surface area (Å²) in [6, 6.07) is 8.62. The van der Waals surface area contributed by atoms with Crippen molar-refractivity contribution in [3.05, 3.63) is 58.7 Å². The van der Waals surface area contributed by atoms with Crippen LogP contribution < -0.4 is 15.4 Å². The fourth-order valence-electron chi connectivity index (χ4n) is 4.89. The van der Waals surface area contributed by atoms with E-state index >= 15 is 0 Å². The molecule has 0 aromatic heterocycles. The van der Waals surface area contributed by atoms with Gasteiger partial charge in [-0.3, -0.25) is 9.59 Å². The van der Waals surface area contributed by atoms with E-state index in [4.69, 9.17) is 4.74 Å². The second-order valence-corrected chi connectivity index (χ2v) is 9.41. The first-order chi connectivity index (χ1) is 16.0. The molecule has 9 heteroatoms. The molecule has 4 rings (SSSR count). The topological polar surface area (TPSA) is 70.7 Å². The number of amides is 2. The molecule has 1 saturated heterocycles. The number of carbonyl (C=O) groups is 2. The van der Waals surface area contributed by atoms with Crippen molar-refractivity contribution in [3.63, 3.8) is 0 Å². The molecule has 2 aliphatic heterocycles. The van der Waals surface area contributed by atoms with Crippen LogP contribution in [0.2, 0.25) is 0 Å². The minimum Gasteiger partial charge on any atom is -0.457 e. The van der Waals surface area contributed by atoms with Gasteiger partial charge in [0.2, 0.25) is 11.8 Å². The molecule has 2 aromatic rings. The first kappa shape index (κ1) is 24.1. The summed E-state index contributed by atoms with van der Waals surface area (Å²) in [6.45, 7) is 3.92. The molecule has 2 heterocycles. The predicted octanol–water partition coefficient (Wildman–Crippen LogP) is 3.86. The summed E-state index contributed by atoms with van der Waals surface area (Å²) in [7, 11) is 3.33. The van der Waals surface area contributed by atoms with Gasteiger partial charge in [-0.2, -0.15) is 13.2 Å². The molecule has 0 radical (unpaired) electrons. The lowest BCUT2D eigenvalue weighted by Gasteiger charge is -2.38. The third kappa shape index (κ3) is 4.61. The third-order valence-electron chi connectivity index (χ3n) is 6.45. The van der Waals surface area contributed by atoms with E-state index in [1.165, 1.54) is 0 Å². The molecule has 0 spiro atoms. The monoisotopic (exact) mass is 475 g/mol. The van der Waals surface area contributed by atoms with Crippen molar-refractivity contribution in [3.8, 4) is 11.5 Å². The standard InChI is InChI=1S/C25H28F3N3O3/c1-13-8-9-16-19(10-13)34-18-7-5-6-14(2)20(18)21(16)29-23(32)17-11-15(12-31(3)4)22(25(26,27)28)30-24(17)33/h5-10,15,17,21-22H,11-12H2,1-4H3,(H,29,32)(H,30,33). The molecule has 2 amide bonds. The van der Waals surface area contributed by atoms with Crippen molar-refractivity contribution < 1.29 is 27.5 Å². The number of hydrogen-bond donors (Lipinski definition) is 2. The van der Waals surface area contributed by atoms with Gasteiger partial charge in [0.15, 0.2) is 0 Å². The van der Waals surface area contributed by atoms with E-state index < -0.39 is 41.9 Å². The highest BCUT2D eigenvalue weighted by atomic mass is 19.4. The Labute approximate surface area is 196 Å². The van der Waals surface area contributed by atoms with Gasteiger partial charge < -0.3 is 20.3 Å². The lowest BCUT2D eigenvalue weighted by molar-refractivity contribution is -0.183. The van der Waals surface area contributed by atoms with Gasteiger partial charge in [-0.05, 0) is 57.6 Å². The van der Waals surface area contributed by atoms with Gasteiger partial charge in [0.25, 0.3) is 0 Å². The number of nitrogens with one attached hydrogen (secondary N) is 2. The number of halogens is 3. The second kappa shape index (κ2) is 8.94. The zero-order valence-electron chi connectivity index (χ0n) is 19.5. The molecule has 6 nitrogen and oxygen atoms in total. The van der Waals surface area contributed by atoms with E-state index in [0.29, 0.717) is 11.5 Å². The molecular formula is C25H28F3N3O3. The van der Waals surface area contributed by atoms with Crippen LogP contribution in [-0.2, 0) is 9.59 Å². The Kier molecular flexibility index (Phi) is 6.33. The van der Waals surface area contributed by atoms with Crippen molar-refractivity contribution in [1.82, 2.24) is 15.5 Å². The summed E-state index contributed by atoms with van der Waals surface area (Å²) in [4.78, 5) is 27.6. The number of nitrogens with zero attached hydrogens (tertiary/aromatic N) is 1. The quantitative estimate of drug-likeness (QED) is 0.659. The van der Waals surface area contributed by atoms with Crippen LogP contribution in [0.25, 0.3) is 0 Å². The Morgan fingerprint density at radius 1 is 1.18 bits per heavy atom. The summed E-state index contributed by atoms with van der Waals surface area (Å²) < 4.78 is 46.8. The number of aryl methyl sites for hydroxylation is 2. The van der Waals surface area contributed by atoms with Crippen LogP contribution in [0, 0.1) is 25.7 Å². The van der Waals surface area contributed by atoms with Crippen molar-refractivity contribution >= 4 is 11.8 Å². The van der Waals surface area contributed by atoms with Crippen molar-refractivity contribution in [1.29, 1.82) is 0 Å². The molecule has 182 valence electrons. The second-order valence-electron chi connectivity index (χ2n) is 9.41. The minimum absolute atomic E-state index is 0.0928. The van der Waals surface area contributed by atoms with Gasteiger partial charge in [-0.15, -0.1) is 0 Å². The maximum absolute atomic E-state index is 13.6. The molecule has 34 heavy (non-hydrogen) atoms. The van der Waals surface area contributed by atoms with Crippen LogP contribution in [0.15, 0.2) is 36.4 Å². The molecule has 0 saturated carbocycles. The first-order valence-electron chi connectivity index (χ1n) is 11.2. The molecular weight excluding hydrogens is 447 g/mol. The lowest BCUT2D eigenvalue weighted by atomic mass is 9.82. The Hall–Kier alpha value is -3.07. The summed E-state index contributed by atoms with van der Waals surface area (Å²) >= 11 is 0. The van der Waals surface area contributed by atoms with Gasteiger partial charge in [-0.1, -0.05) is 24.3 Å². The van der Waals surface area contributed by atoms with Crippen LogP contribution in [0.1, 0.15) is 34.7 Å². The van der Waals surface area contributed by atoms with Gasteiger partial charge in [0.05, 0.1) is 6.04 Å². The van der Waals surface area contributed by atoms with E-state index in [2.05, 4.69) is 10.6 Å². The van der Waals surface area contributed by atoms with Crippen molar-refractivity contribution in [2.24, 2.45) is 11.8 Å². The van der Waals surface area contributed by atoms with E-state index in [9.17, 15) is 22.8 Å². The summed E-state index contributed by atoms with van der Waals surface area (Å²) in [5, 5.41) is 5.01. The lowest BCUT2D eigenvalue weighted by Crippen LogP contribution is -2.60. The molecule has 1 fully saturated rings. The molecule has 4 unspecified atom stereocenters. The molecule has 2 aromatic carbocycles. The van der Waals surface area contributed by atoms with Crippen LogP contribution in [0.4, 0.5) is 13.2 Å². The number of hydrogen-bond acceptors (Lipinski definition) is 4. The Morgan fingerprint density at radius 3 is 2.59 bits per heavy atom. The van der Waals surface area contributed by atoms with Crippen LogP contribution in [-0.4, -0.2) is 49.6 Å². The van der Waals surface area contributed by atoms with Crippen LogP contribution in [0.3, 0.4) is 0 Å². The fourth-order valence-corrected chi connectivity index (χ4v) is 4.89. The van der Waals surface area contributed by atoms with Crippen molar-refractivity contribution in [2.75, 3.05) is 20.6 Å². The third-order valence-corrected chi connectivity index (χ3v) is 6.45. The highest BCUT2D eigenvalue weighted by molar-refractivity contribution is 6.01. The molecule has 2 N–H and O–H groups in total. The van der Waals surface area contributed by atoms with Crippen LogP contribution in [0.5, 0.6) is 11.5 Å². The van der Waals surface area contributed by atoms with Crippen LogP contribution >= 0.6 is 0 Å². The molecule has 2 aliphatic rings. The summed E-state index contributed by atoms with van der Waals surface area (Å²) in [6.07, 6.45) is -4.78. The maximum atomic E-state index is 13.6. The van der Waals surface area contributed by atoms with Gasteiger partial charge in [0, 0.05) is 23.6 Å². The SMILES string of the molecule is Cc1ccc2c(c1)Oc1cccc(C)c1C2NC(=O)C1CC(CN(C)C)C(C(F)(F)F)NC1=O. The molecule has 0 aliphatic carbocycles. The zero-order valence-corrected chi connectivity index (χ0v) is 19.5. The smallest absolute Gasteiger partial charge is 0.408 e. The maximum Gasteiger partial charge on any atom is 0.408 e. The number of benzene rings is 2. The average molecular weight is 476 g/mol. The first-order valence-corrected chi connectivity index (χ1v) is 11.2. The number of carbonyl (C=O) groups excluding carboxylic acids is 2. The Bertz CT molecular complexity index is 1120.